The molecule has 0 bridgehead atoms. The van der Waals surface area contributed by atoms with Crippen LogP contribution < -0.4 is 4.74 Å². The number of nitro groups is 1. The largest absolute Gasteiger partial charge is 0.490 e. The number of ether oxygens (including phenoxy) is 1. The minimum absolute atomic E-state index is 0.0158. The summed E-state index contributed by atoms with van der Waals surface area (Å²) in [6.45, 7) is -0.540. The number of hydrogen-bond donors (Lipinski definition) is 1. The summed E-state index contributed by atoms with van der Waals surface area (Å²) in [4.78, 5) is 9.76. The minimum atomic E-state index is -3.70. The normalized spacial score (nSPS) is 11.2. The average molecular weight is 261 g/mol. The summed E-state index contributed by atoms with van der Waals surface area (Å²) in [6, 6.07) is 3.34. The Morgan fingerprint density at radius 3 is 2.59 bits per heavy atom. The van der Waals surface area contributed by atoms with Crippen LogP contribution in [0.2, 0.25) is 0 Å². The van der Waals surface area contributed by atoms with Gasteiger partial charge in [-0.05, 0) is 12.1 Å². The zero-order valence-corrected chi connectivity index (χ0v) is 9.81. The van der Waals surface area contributed by atoms with Gasteiger partial charge < -0.3 is 9.84 Å². The predicted molar refractivity (Wildman–Crippen MR) is 58.8 cm³/mol. The Kier molecular flexibility index (Phi) is 4.02. The molecule has 0 amide bonds. The Balaban J connectivity index is 3.31. The van der Waals surface area contributed by atoms with Crippen LogP contribution in [-0.4, -0.2) is 37.9 Å². The molecule has 0 radical (unpaired) electrons. The third kappa shape index (κ3) is 2.92. The van der Waals surface area contributed by atoms with E-state index in [1.54, 1.807) is 0 Å². The van der Waals surface area contributed by atoms with E-state index in [9.17, 15) is 18.5 Å². The maximum atomic E-state index is 11.6. The van der Waals surface area contributed by atoms with Gasteiger partial charge in [0.1, 0.15) is 0 Å². The Bertz CT molecular complexity index is 524. The maximum Gasteiger partial charge on any atom is 0.312 e. The molecule has 0 atom stereocenters. The Morgan fingerprint density at radius 2 is 2.12 bits per heavy atom. The highest BCUT2D eigenvalue weighted by Gasteiger charge is 2.21. The van der Waals surface area contributed by atoms with E-state index in [4.69, 9.17) is 9.84 Å². The molecular weight excluding hydrogens is 250 g/mol. The van der Waals surface area contributed by atoms with Crippen LogP contribution >= 0.6 is 0 Å². The highest BCUT2D eigenvalue weighted by molar-refractivity contribution is 7.91. The molecule has 0 aromatic heterocycles. The van der Waals surface area contributed by atoms with Crippen molar-refractivity contribution in [2.75, 3.05) is 19.5 Å². The first-order chi connectivity index (χ1) is 7.92. The Hall–Kier alpha value is -1.67. The fourth-order valence-corrected chi connectivity index (χ4v) is 2.29. The topological polar surface area (TPSA) is 107 Å². The van der Waals surface area contributed by atoms with E-state index in [0.717, 1.165) is 6.07 Å². The van der Waals surface area contributed by atoms with Crippen molar-refractivity contribution >= 4 is 15.5 Å². The number of methoxy groups -OCH3 is 1. The summed E-state index contributed by atoms with van der Waals surface area (Å²) in [5.74, 6) is -0.491. The van der Waals surface area contributed by atoms with E-state index in [1.165, 1.54) is 19.2 Å². The Morgan fingerprint density at radius 1 is 1.47 bits per heavy atom. The van der Waals surface area contributed by atoms with Crippen molar-refractivity contribution in [2.45, 2.75) is 4.90 Å². The second-order valence-corrected chi connectivity index (χ2v) is 5.24. The lowest BCUT2D eigenvalue weighted by molar-refractivity contribution is -0.386. The van der Waals surface area contributed by atoms with Crippen LogP contribution in [0.5, 0.6) is 5.75 Å². The molecule has 0 heterocycles. The van der Waals surface area contributed by atoms with E-state index in [-0.39, 0.29) is 10.6 Å². The number of aliphatic hydroxyl groups excluding tert-OH is 1. The second kappa shape index (κ2) is 5.11. The SMILES string of the molecule is COc1ccc(S(=O)(=O)CCO)cc1[N+](=O)[O-]. The molecule has 17 heavy (non-hydrogen) atoms. The molecule has 0 aliphatic carbocycles. The van der Waals surface area contributed by atoms with Crippen LogP contribution in [0.15, 0.2) is 23.1 Å². The summed E-state index contributed by atoms with van der Waals surface area (Å²) < 4.78 is 27.9. The van der Waals surface area contributed by atoms with Gasteiger partial charge in [-0.15, -0.1) is 0 Å². The summed E-state index contributed by atoms with van der Waals surface area (Å²) in [5.41, 5.74) is -0.425. The summed E-state index contributed by atoms with van der Waals surface area (Å²) in [6.07, 6.45) is 0. The van der Waals surface area contributed by atoms with Crippen LogP contribution in [0, 0.1) is 10.1 Å². The van der Waals surface area contributed by atoms with Crippen molar-refractivity contribution in [1.82, 2.24) is 0 Å². The molecule has 0 saturated carbocycles. The molecule has 0 unspecified atom stereocenters. The van der Waals surface area contributed by atoms with Gasteiger partial charge in [0, 0.05) is 6.07 Å². The molecule has 1 aromatic rings. The molecular formula is C9H11NO6S. The van der Waals surface area contributed by atoms with Gasteiger partial charge in [0.05, 0.1) is 29.3 Å². The molecule has 1 N–H and O–H groups in total. The number of benzene rings is 1. The molecule has 8 heteroatoms. The summed E-state index contributed by atoms with van der Waals surface area (Å²) in [7, 11) is -2.45. The van der Waals surface area contributed by atoms with Gasteiger partial charge in [-0.1, -0.05) is 0 Å². The molecule has 0 aliphatic rings. The molecule has 0 saturated heterocycles. The summed E-state index contributed by atoms with van der Waals surface area (Å²) >= 11 is 0. The van der Waals surface area contributed by atoms with Crippen LogP contribution in [0.25, 0.3) is 0 Å². The van der Waals surface area contributed by atoms with Crippen LogP contribution in [-0.2, 0) is 9.84 Å². The number of rotatable bonds is 5. The zero-order valence-electron chi connectivity index (χ0n) is 8.99. The van der Waals surface area contributed by atoms with Crippen LogP contribution in [0.1, 0.15) is 0 Å². The van der Waals surface area contributed by atoms with Crippen molar-refractivity contribution < 1.29 is 23.2 Å². The van der Waals surface area contributed by atoms with Crippen molar-refractivity contribution in [3.05, 3.63) is 28.3 Å². The van der Waals surface area contributed by atoms with Crippen molar-refractivity contribution in [3.63, 3.8) is 0 Å². The third-order valence-electron chi connectivity index (χ3n) is 2.07. The first kappa shape index (κ1) is 13.4. The van der Waals surface area contributed by atoms with Crippen molar-refractivity contribution in [2.24, 2.45) is 0 Å². The number of nitrogens with zero attached hydrogens (tertiary/aromatic N) is 1. The minimum Gasteiger partial charge on any atom is -0.490 e. The van der Waals surface area contributed by atoms with Gasteiger partial charge in [0.2, 0.25) is 0 Å². The lowest BCUT2D eigenvalue weighted by atomic mass is 10.3. The molecule has 7 nitrogen and oxygen atoms in total. The van der Waals surface area contributed by atoms with Gasteiger partial charge in [-0.25, -0.2) is 8.42 Å². The van der Waals surface area contributed by atoms with Crippen molar-refractivity contribution in [1.29, 1.82) is 0 Å². The fourth-order valence-electron chi connectivity index (χ4n) is 1.24. The molecule has 0 aliphatic heterocycles. The Labute approximate surface area is 97.7 Å². The van der Waals surface area contributed by atoms with E-state index in [1.807, 2.05) is 0 Å². The third-order valence-corrected chi connectivity index (χ3v) is 3.76. The maximum absolute atomic E-state index is 11.6. The number of sulfone groups is 1. The van der Waals surface area contributed by atoms with Crippen LogP contribution in [0.3, 0.4) is 0 Å². The average Bonchev–Trinajstić information content (AvgIpc) is 2.28. The van der Waals surface area contributed by atoms with Gasteiger partial charge in [-0.2, -0.15) is 0 Å². The molecule has 0 fully saturated rings. The molecule has 1 rings (SSSR count). The highest BCUT2D eigenvalue weighted by atomic mass is 32.2. The summed E-state index contributed by atoms with van der Waals surface area (Å²) in [5, 5.41) is 19.3. The molecule has 0 spiro atoms. The van der Waals surface area contributed by atoms with Gasteiger partial charge in [0.15, 0.2) is 15.6 Å². The first-order valence-corrected chi connectivity index (χ1v) is 6.23. The number of aliphatic hydroxyl groups is 1. The quantitative estimate of drug-likeness (QED) is 0.606. The fraction of sp³-hybridized carbons (Fsp3) is 0.333. The van der Waals surface area contributed by atoms with Crippen LogP contribution in [0.4, 0.5) is 5.69 Å². The standard InChI is InChI=1S/C9H11NO6S/c1-16-9-3-2-7(6-8(9)10(12)13)17(14,15)5-4-11/h2-3,6,11H,4-5H2,1H3. The van der Waals surface area contributed by atoms with E-state index < -0.39 is 32.8 Å². The first-order valence-electron chi connectivity index (χ1n) is 4.58. The van der Waals surface area contributed by atoms with E-state index in [0.29, 0.717) is 0 Å². The second-order valence-electron chi connectivity index (χ2n) is 3.13. The number of nitro benzene ring substituents is 1. The van der Waals surface area contributed by atoms with E-state index in [2.05, 4.69) is 0 Å². The molecule has 1 aromatic carbocycles. The molecule has 94 valence electrons. The van der Waals surface area contributed by atoms with E-state index >= 15 is 0 Å². The highest BCUT2D eigenvalue weighted by Crippen LogP contribution is 2.29. The van der Waals surface area contributed by atoms with Crippen molar-refractivity contribution in [3.8, 4) is 5.75 Å². The smallest absolute Gasteiger partial charge is 0.312 e. The monoisotopic (exact) mass is 261 g/mol. The predicted octanol–water partition coefficient (Wildman–Crippen LogP) is 0.369. The zero-order chi connectivity index (χ0) is 13.1. The van der Waals surface area contributed by atoms with Gasteiger partial charge in [-0.3, -0.25) is 10.1 Å². The number of hydrogen-bond acceptors (Lipinski definition) is 6. The van der Waals surface area contributed by atoms with Gasteiger partial charge in [0.25, 0.3) is 0 Å². The lowest BCUT2D eigenvalue weighted by Gasteiger charge is -2.05. The van der Waals surface area contributed by atoms with Gasteiger partial charge >= 0.3 is 5.69 Å². The lowest BCUT2D eigenvalue weighted by Crippen LogP contribution is -2.10.